The molecular formula is C72H29F30N3. The van der Waals surface area contributed by atoms with Crippen LogP contribution in [0.5, 0.6) is 0 Å². The van der Waals surface area contributed by atoms with E-state index in [2.05, 4.69) is 0 Å². The van der Waals surface area contributed by atoms with Gasteiger partial charge >= 0.3 is 61.8 Å². The Balaban J connectivity index is 1.33. The van der Waals surface area contributed by atoms with Gasteiger partial charge in [0.15, 0.2) is 0 Å². The zero-order valence-corrected chi connectivity index (χ0v) is 50.9. The van der Waals surface area contributed by atoms with E-state index >= 15 is 52.7 Å². The van der Waals surface area contributed by atoms with Gasteiger partial charge < -0.3 is 9.13 Å². The third-order valence-corrected chi connectivity index (χ3v) is 17.9. The van der Waals surface area contributed by atoms with Gasteiger partial charge in [0.25, 0.3) is 0 Å². The zero-order chi connectivity index (χ0) is 76.8. The van der Waals surface area contributed by atoms with Gasteiger partial charge in [-0.25, -0.2) is 0 Å². The van der Waals surface area contributed by atoms with Gasteiger partial charge in [-0.3, -0.25) is 0 Å². The molecule has 10 aromatic carbocycles. The molecule has 12 aromatic rings. The number of rotatable bonds is 5. The molecule has 2 aromatic heterocycles. The Morgan fingerprint density at radius 2 is 0.467 bits per heavy atom. The minimum absolute atomic E-state index is 0.0838. The first-order valence-corrected chi connectivity index (χ1v) is 29.5. The lowest BCUT2D eigenvalue weighted by molar-refractivity contribution is -0.144. The van der Waals surface area contributed by atoms with E-state index in [0.29, 0.717) is 18.2 Å². The molecule has 3 nitrogen and oxygen atoms in total. The van der Waals surface area contributed by atoms with Crippen LogP contribution in [0.3, 0.4) is 0 Å². The predicted octanol–water partition coefficient (Wildman–Crippen LogP) is 25.6. The van der Waals surface area contributed by atoms with Crippen molar-refractivity contribution >= 4 is 43.6 Å². The molecule has 1 aliphatic rings. The van der Waals surface area contributed by atoms with Gasteiger partial charge in [0.1, 0.15) is 0 Å². The highest BCUT2D eigenvalue weighted by Gasteiger charge is 2.49. The van der Waals surface area contributed by atoms with Crippen LogP contribution in [0.2, 0.25) is 0 Å². The van der Waals surface area contributed by atoms with E-state index in [-0.39, 0.29) is 95.0 Å². The number of hydrogen-bond acceptors (Lipinski definition) is 1. The van der Waals surface area contributed by atoms with Crippen LogP contribution in [0, 0.1) is 11.3 Å². The molecule has 0 aliphatic carbocycles. The summed E-state index contributed by atoms with van der Waals surface area (Å²) in [6.45, 7) is 0. The fourth-order valence-electron chi connectivity index (χ4n) is 13.3. The van der Waals surface area contributed by atoms with Crippen molar-refractivity contribution in [2.75, 3.05) is 0 Å². The summed E-state index contributed by atoms with van der Waals surface area (Å²) in [6, 6.07) is 11.6. The number of nitrogens with zero attached hydrogens (tertiary/aromatic N) is 3. The van der Waals surface area contributed by atoms with Gasteiger partial charge in [-0.2, -0.15) is 137 Å². The summed E-state index contributed by atoms with van der Waals surface area (Å²) in [7, 11) is 0. The lowest BCUT2D eigenvalue weighted by Crippen LogP contribution is -2.33. The zero-order valence-electron chi connectivity index (χ0n) is 50.9. The van der Waals surface area contributed by atoms with E-state index in [1.165, 1.54) is 0 Å². The monoisotopic (exact) mass is 1510 g/mol. The molecule has 0 saturated carbocycles. The first kappa shape index (κ1) is 72.5. The number of halogens is 30. The maximum Gasteiger partial charge on any atom is 0.416 e. The smallest absolute Gasteiger partial charge is 0.307 e. The number of aromatic nitrogens is 2. The van der Waals surface area contributed by atoms with Gasteiger partial charge in [-0.15, -0.1) is 0 Å². The average Bonchev–Trinajstić information content (AvgIpc) is 0.805. The molecule has 0 spiro atoms. The molecule has 4 bridgehead atoms. The van der Waals surface area contributed by atoms with E-state index in [1.807, 2.05) is 0 Å². The Bertz CT molecular complexity index is 5410. The van der Waals surface area contributed by atoms with Crippen LogP contribution in [0.1, 0.15) is 83.5 Å². The lowest BCUT2D eigenvalue weighted by atomic mass is 9.64. The summed E-state index contributed by atoms with van der Waals surface area (Å²) in [5, 5.41) is 9.73. The molecular weight excluding hydrogens is 1480 g/mol. The molecule has 105 heavy (non-hydrogen) atoms. The van der Waals surface area contributed by atoms with Crippen molar-refractivity contribution in [3.05, 3.63) is 259 Å². The number of benzene rings is 10. The van der Waals surface area contributed by atoms with E-state index in [1.54, 1.807) is 6.07 Å². The van der Waals surface area contributed by atoms with Crippen LogP contribution in [-0.2, 0) is 67.2 Å². The van der Waals surface area contributed by atoms with Gasteiger partial charge in [0, 0.05) is 27.1 Å². The van der Waals surface area contributed by atoms with Crippen molar-refractivity contribution in [1.82, 2.24) is 9.13 Å². The highest BCUT2D eigenvalue weighted by Crippen LogP contribution is 2.55. The molecule has 1 aliphatic heterocycles. The van der Waals surface area contributed by atoms with Crippen molar-refractivity contribution in [3.63, 3.8) is 0 Å². The van der Waals surface area contributed by atoms with Gasteiger partial charge in [-0.1, -0.05) is 48.5 Å². The molecule has 0 amide bonds. The maximum atomic E-state index is 15.5. The van der Waals surface area contributed by atoms with Gasteiger partial charge in [-0.05, 0) is 177 Å². The maximum absolute atomic E-state index is 15.5. The number of nitriles is 1. The lowest BCUT2D eigenvalue weighted by Gasteiger charge is -2.38. The van der Waals surface area contributed by atoms with Crippen LogP contribution in [0.15, 0.2) is 176 Å². The Morgan fingerprint density at radius 1 is 0.229 bits per heavy atom. The summed E-state index contributed by atoms with van der Waals surface area (Å²) >= 11 is 0. The Kier molecular flexibility index (Phi) is 16.1. The second-order valence-corrected chi connectivity index (χ2v) is 24.3. The summed E-state index contributed by atoms with van der Waals surface area (Å²) in [5.74, 6) is 0. The predicted molar refractivity (Wildman–Crippen MR) is 318 cm³/mol. The van der Waals surface area contributed by atoms with Crippen LogP contribution in [0.4, 0.5) is 132 Å². The first-order valence-electron chi connectivity index (χ1n) is 29.5. The molecule has 0 radical (unpaired) electrons. The first-order chi connectivity index (χ1) is 48.2. The summed E-state index contributed by atoms with van der Waals surface area (Å²) < 4.78 is 452. The highest BCUT2D eigenvalue weighted by molar-refractivity contribution is 6.13. The number of fused-ring (bicyclic) bond motifs is 11. The molecule has 33 heteroatoms. The van der Waals surface area contributed by atoms with Crippen molar-refractivity contribution in [1.29, 1.82) is 5.26 Å². The topological polar surface area (TPSA) is 33.6 Å². The van der Waals surface area contributed by atoms with Crippen LogP contribution in [-0.4, -0.2) is 9.13 Å². The highest BCUT2D eigenvalue weighted by atomic mass is 19.4. The quantitative estimate of drug-likeness (QED) is 0.158. The van der Waals surface area contributed by atoms with Crippen molar-refractivity contribution in [3.8, 4) is 50.8 Å². The largest absolute Gasteiger partial charge is 0.416 e. The molecule has 0 saturated heterocycles. The molecule has 3 heterocycles. The molecule has 13 rings (SSSR count). The Labute approximate surface area is 565 Å². The summed E-state index contributed by atoms with van der Waals surface area (Å²) in [6.07, 6.45) is -57.4. The average molecular weight is 1510 g/mol. The van der Waals surface area contributed by atoms with Gasteiger partial charge in [0.2, 0.25) is 0 Å². The van der Waals surface area contributed by atoms with E-state index in [0.717, 1.165) is 75.9 Å². The molecule has 0 unspecified atom stereocenters. The minimum atomic E-state index is -5.93. The van der Waals surface area contributed by atoms with Crippen LogP contribution < -0.4 is 0 Å². The Morgan fingerprint density at radius 3 is 0.733 bits per heavy atom. The third-order valence-electron chi connectivity index (χ3n) is 17.9. The number of hydrogen-bond donors (Lipinski definition) is 0. The Hall–Kier alpha value is -10.8. The second kappa shape index (κ2) is 23.3. The molecule has 0 fully saturated rings. The molecule has 0 atom stereocenters. The number of alkyl halides is 30. The van der Waals surface area contributed by atoms with E-state index in [4.69, 9.17) is 0 Å². The fourth-order valence-corrected chi connectivity index (χ4v) is 13.3. The SMILES string of the molecule is N#Cc1cc2c(cc1-c1cc(C(F)(F)F)cc(C(F)(F)F)c1)-n1c3cc(-c4cc(C(F)(F)F)cc(C(F)(F)F)c4)ccc3c3ccc(cc31)C(c1cc(C(F)(F)F)cc(C(F)(F)F)c1)(c1cc(C(F)(F)F)cc(C(F)(F)F)c1)c1ccc3c4ccc(-c5cc(C(F)(F)F)cc(C(F)(F)F)c5)cc4n-2c3c1. The van der Waals surface area contributed by atoms with Crippen LogP contribution in [0.25, 0.3) is 88.4 Å². The van der Waals surface area contributed by atoms with Crippen LogP contribution >= 0.6 is 0 Å². The van der Waals surface area contributed by atoms with Crippen molar-refractivity contribution in [2.24, 2.45) is 0 Å². The van der Waals surface area contributed by atoms with E-state index in [9.17, 15) is 84.3 Å². The standard InChI is InChI=1S/C72H29F30N3/c73-63(74,75)41-9-33(10-42(22-41)64(76,77)78)31-1-5-51-53-7-3-37-27-58(53)104(56(51)15-31)60-17-36(30-103)55(35-13-45(67(85,86)87)24-46(14-35)68(88,89)90)29-61(60)105-57-16-32(34-11-43(65(79,80)81)23-44(12-34)66(82,83)84)2-6-52(57)54-8-4-38(28-59(54)105)62(37,39-18-47(69(91,92)93)25-48(19-39)70(94,95)96)40-20-49(71(97,98)99)26-50(21-40)72(100,101)102/h1-29H. The fraction of sp³-hybridized carbons (Fsp3) is 0.153. The molecule has 542 valence electrons. The molecule has 0 N–H and O–H groups in total. The van der Waals surface area contributed by atoms with Crippen molar-refractivity contribution < 1.29 is 132 Å². The minimum Gasteiger partial charge on any atom is -0.307 e. The normalized spacial score (nSPS) is 14.3. The summed E-state index contributed by atoms with van der Waals surface area (Å²) in [4.78, 5) is 0. The third kappa shape index (κ3) is 12.7. The van der Waals surface area contributed by atoms with E-state index < -0.39 is 235 Å². The van der Waals surface area contributed by atoms with Crippen molar-refractivity contribution in [2.45, 2.75) is 67.2 Å². The second-order valence-electron chi connectivity index (χ2n) is 24.3. The summed E-state index contributed by atoms with van der Waals surface area (Å²) in [5.41, 5.74) is -40.1. The van der Waals surface area contributed by atoms with Gasteiger partial charge in [0.05, 0.1) is 106 Å².